The zero-order chi connectivity index (χ0) is 26.4. The Bertz CT molecular complexity index is 1470. The number of nitrogens with one attached hydrogen (secondary N) is 1. The maximum Gasteiger partial charge on any atom is 0.264 e. The number of nitrogens with zero attached hydrogens (tertiary/aromatic N) is 1. The van der Waals surface area contributed by atoms with Gasteiger partial charge in [0.1, 0.15) is 5.75 Å². The molecule has 0 aliphatic carbocycles. The maximum absolute atomic E-state index is 13.6. The third-order valence-corrected chi connectivity index (χ3v) is 7.92. The molecule has 0 heterocycles. The zero-order valence-corrected chi connectivity index (χ0v) is 22.1. The van der Waals surface area contributed by atoms with E-state index < -0.39 is 10.0 Å². The van der Waals surface area contributed by atoms with Crippen molar-refractivity contribution in [3.63, 3.8) is 0 Å². The second-order valence-corrected chi connectivity index (χ2v) is 10.9. The summed E-state index contributed by atoms with van der Waals surface area (Å²) >= 11 is 6.11. The van der Waals surface area contributed by atoms with Crippen molar-refractivity contribution < 1.29 is 17.9 Å². The van der Waals surface area contributed by atoms with Crippen molar-refractivity contribution in [2.75, 3.05) is 16.2 Å². The third kappa shape index (κ3) is 6.70. The molecule has 4 aromatic rings. The summed E-state index contributed by atoms with van der Waals surface area (Å²) in [4.78, 5) is 12.5. The first-order valence-electron chi connectivity index (χ1n) is 11.6. The normalized spacial score (nSPS) is 11.1. The van der Waals surface area contributed by atoms with Gasteiger partial charge in [-0.1, -0.05) is 65.7 Å². The highest BCUT2D eigenvalue weighted by Gasteiger charge is 2.25. The van der Waals surface area contributed by atoms with Gasteiger partial charge in [0, 0.05) is 10.7 Å². The van der Waals surface area contributed by atoms with E-state index in [4.69, 9.17) is 16.3 Å². The lowest BCUT2D eigenvalue weighted by Gasteiger charge is -2.25. The van der Waals surface area contributed by atoms with Crippen LogP contribution in [0, 0.1) is 13.8 Å². The first-order valence-corrected chi connectivity index (χ1v) is 13.5. The molecule has 37 heavy (non-hydrogen) atoms. The predicted molar refractivity (Wildman–Crippen MR) is 148 cm³/mol. The van der Waals surface area contributed by atoms with E-state index in [1.54, 1.807) is 60.7 Å². The van der Waals surface area contributed by atoms with Crippen LogP contribution in [0.2, 0.25) is 5.02 Å². The van der Waals surface area contributed by atoms with Crippen LogP contribution in [0.5, 0.6) is 5.75 Å². The lowest BCUT2D eigenvalue weighted by Crippen LogP contribution is -2.30. The van der Waals surface area contributed by atoms with Gasteiger partial charge in [-0.05, 0) is 73.5 Å². The van der Waals surface area contributed by atoms with Gasteiger partial charge in [0.15, 0.2) is 6.61 Å². The number of carbonyl (C=O) groups excluding carboxylic acids is 1. The Morgan fingerprint density at radius 3 is 2.22 bits per heavy atom. The number of carbonyl (C=O) groups is 1. The van der Waals surface area contributed by atoms with E-state index in [2.05, 4.69) is 5.32 Å². The molecule has 0 unspecified atom stereocenters. The predicted octanol–water partition coefficient (Wildman–Crippen LogP) is 6.37. The lowest BCUT2D eigenvalue weighted by atomic mass is 10.2. The van der Waals surface area contributed by atoms with E-state index in [-0.39, 0.29) is 24.0 Å². The van der Waals surface area contributed by atoms with Crippen molar-refractivity contribution in [2.24, 2.45) is 0 Å². The molecular weight excluding hydrogens is 508 g/mol. The summed E-state index contributed by atoms with van der Waals surface area (Å²) in [5, 5.41) is 3.31. The van der Waals surface area contributed by atoms with Crippen LogP contribution in [-0.4, -0.2) is 20.9 Å². The van der Waals surface area contributed by atoms with E-state index in [9.17, 15) is 13.2 Å². The number of ether oxygens (including phenoxy) is 1. The molecule has 0 aliphatic rings. The minimum absolute atomic E-state index is 0.165. The van der Waals surface area contributed by atoms with E-state index in [0.717, 1.165) is 16.7 Å². The Labute approximate surface area is 222 Å². The molecular formula is C29H27ClN2O4S. The number of amides is 1. The summed E-state index contributed by atoms with van der Waals surface area (Å²) < 4.78 is 34.2. The minimum Gasteiger partial charge on any atom is -0.484 e. The summed E-state index contributed by atoms with van der Waals surface area (Å²) in [6.07, 6.45) is 0. The summed E-state index contributed by atoms with van der Waals surface area (Å²) in [6, 6.07) is 28.1. The molecule has 0 atom stereocenters. The number of benzene rings is 4. The van der Waals surface area contributed by atoms with E-state index >= 15 is 0 Å². The Morgan fingerprint density at radius 2 is 1.57 bits per heavy atom. The lowest BCUT2D eigenvalue weighted by molar-refractivity contribution is -0.118. The number of rotatable bonds is 9. The van der Waals surface area contributed by atoms with Crippen molar-refractivity contribution >= 4 is 38.9 Å². The standard InChI is InChI=1S/C29H27ClN2O4S/c1-21-8-16-27(17-9-21)37(34,35)32(19-23-6-4-3-5-7-23)25-12-14-26(15-13-25)36-20-29(33)31-24-11-10-22(2)28(30)18-24/h3-18H,19-20H2,1-2H3,(H,31,33). The van der Waals surface area contributed by atoms with Gasteiger partial charge in [-0.2, -0.15) is 0 Å². The Kier molecular flexibility index (Phi) is 8.16. The molecule has 0 saturated carbocycles. The molecule has 0 aromatic heterocycles. The largest absolute Gasteiger partial charge is 0.484 e. The van der Waals surface area contributed by atoms with Crippen molar-refractivity contribution in [1.82, 2.24) is 0 Å². The molecule has 8 heteroatoms. The molecule has 4 rings (SSSR count). The second-order valence-electron chi connectivity index (χ2n) is 8.61. The van der Waals surface area contributed by atoms with E-state index in [0.29, 0.717) is 22.1 Å². The molecule has 0 fully saturated rings. The van der Waals surface area contributed by atoms with Gasteiger partial charge in [-0.25, -0.2) is 8.42 Å². The van der Waals surface area contributed by atoms with Crippen LogP contribution in [0.4, 0.5) is 11.4 Å². The average Bonchev–Trinajstić information content (AvgIpc) is 2.89. The summed E-state index contributed by atoms with van der Waals surface area (Å²) in [7, 11) is -3.83. The van der Waals surface area contributed by atoms with Crippen molar-refractivity contribution in [1.29, 1.82) is 0 Å². The third-order valence-electron chi connectivity index (χ3n) is 5.73. The van der Waals surface area contributed by atoms with E-state index in [1.807, 2.05) is 50.2 Å². The van der Waals surface area contributed by atoms with Crippen LogP contribution in [0.3, 0.4) is 0 Å². The highest BCUT2D eigenvalue weighted by molar-refractivity contribution is 7.92. The fourth-order valence-electron chi connectivity index (χ4n) is 3.63. The van der Waals surface area contributed by atoms with Crippen LogP contribution in [-0.2, 0) is 21.4 Å². The molecule has 0 spiro atoms. The number of sulfonamides is 1. The topological polar surface area (TPSA) is 75.7 Å². The monoisotopic (exact) mass is 534 g/mol. The molecule has 0 aliphatic heterocycles. The molecule has 0 bridgehead atoms. The first-order chi connectivity index (χ1) is 17.7. The van der Waals surface area contributed by atoms with Gasteiger partial charge in [-0.3, -0.25) is 9.10 Å². The summed E-state index contributed by atoms with van der Waals surface area (Å²) in [5.74, 6) is 0.102. The first kappa shape index (κ1) is 26.3. The number of hydrogen-bond acceptors (Lipinski definition) is 4. The number of halogens is 1. The second kappa shape index (κ2) is 11.5. The van der Waals surface area contributed by atoms with Crippen LogP contribution in [0.25, 0.3) is 0 Å². The summed E-state index contributed by atoms with van der Waals surface area (Å²) in [6.45, 7) is 3.75. The van der Waals surface area contributed by atoms with Gasteiger partial charge >= 0.3 is 0 Å². The van der Waals surface area contributed by atoms with E-state index in [1.165, 1.54) is 4.31 Å². The van der Waals surface area contributed by atoms with Crippen LogP contribution >= 0.6 is 11.6 Å². The van der Waals surface area contributed by atoms with Gasteiger partial charge in [0.25, 0.3) is 15.9 Å². The summed E-state index contributed by atoms with van der Waals surface area (Å²) in [5.41, 5.74) is 3.81. The molecule has 190 valence electrons. The Balaban J connectivity index is 1.50. The molecule has 0 saturated heterocycles. The maximum atomic E-state index is 13.6. The fourth-order valence-corrected chi connectivity index (χ4v) is 5.26. The minimum atomic E-state index is -3.83. The number of anilines is 2. The SMILES string of the molecule is Cc1ccc(S(=O)(=O)N(Cc2ccccc2)c2ccc(OCC(=O)Nc3ccc(C)c(Cl)c3)cc2)cc1. The molecule has 4 aromatic carbocycles. The van der Waals surface area contributed by atoms with Crippen molar-refractivity contribution in [3.05, 3.63) is 119 Å². The Hall–Kier alpha value is -3.81. The Morgan fingerprint density at radius 1 is 0.892 bits per heavy atom. The van der Waals surface area contributed by atoms with Gasteiger partial charge in [0.05, 0.1) is 17.1 Å². The molecule has 6 nitrogen and oxygen atoms in total. The van der Waals surface area contributed by atoms with Crippen molar-refractivity contribution in [3.8, 4) is 5.75 Å². The van der Waals surface area contributed by atoms with Gasteiger partial charge in [0.2, 0.25) is 0 Å². The van der Waals surface area contributed by atoms with Gasteiger partial charge < -0.3 is 10.1 Å². The van der Waals surface area contributed by atoms with Crippen LogP contribution < -0.4 is 14.4 Å². The average molecular weight is 535 g/mol. The zero-order valence-electron chi connectivity index (χ0n) is 20.5. The van der Waals surface area contributed by atoms with Crippen LogP contribution in [0.15, 0.2) is 102 Å². The highest BCUT2D eigenvalue weighted by atomic mass is 35.5. The molecule has 1 N–H and O–H groups in total. The molecule has 1 amide bonds. The van der Waals surface area contributed by atoms with Gasteiger partial charge in [-0.15, -0.1) is 0 Å². The number of aryl methyl sites for hydroxylation is 2. The van der Waals surface area contributed by atoms with Crippen molar-refractivity contribution in [2.45, 2.75) is 25.3 Å². The fraction of sp³-hybridized carbons (Fsp3) is 0.138. The molecule has 0 radical (unpaired) electrons. The number of hydrogen-bond donors (Lipinski definition) is 1. The smallest absolute Gasteiger partial charge is 0.264 e. The highest BCUT2D eigenvalue weighted by Crippen LogP contribution is 2.28. The van der Waals surface area contributed by atoms with Crippen LogP contribution in [0.1, 0.15) is 16.7 Å². The quantitative estimate of drug-likeness (QED) is 0.271.